The Kier molecular flexibility index (Phi) is 3.55. The van der Waals surface area contributed by atoms with Crippen LogP contribution < -0.4 is 10.5 Å². The van der Waals surface area contributed by atoms with Crippen LogP contribution in [-0.2, 0) is 0 Å². The Labute approximate surface area is 112 Å². The minimum Gasteiger partial charge on any atom is -0.497 e. The van der Waals surface area contributed by atoms with Crippen molar-refractivity contribution in [1.82, 2.24) is 9.78 Å². The van der Waals surface area contributed by atoms with Gasteiger partial charge in [-0.2, -0.15) is 5.10 Å². The van der Waals surface area contributed by atoms with Crippen molar-refractivity contribution >= 4 is 5.91 Å². The second kappa shape index (κ2) is 5.14. The van der Waals surface area contributed by atoms with E-state index in [1.54, 1.807) is 25.4 Å². The second-order valence-corrected chi connectivity index (χ2v) is 4.57. The molecule has 19 heavy (non-hydrogen) atoms. The third kappa shape index (κ3) is 2.59. The van der Waals surface area contributed by atoms with Crippen LogP contribution in [0.1, 0.15) is 30.2 Å². The topological polar surface area (TPSA) is 70.1 Å². The Morgan fingerprint density at radius 2 is 2.11 bits per heavy atom. The molecule has 0 unspecified atom stereocenters. The largest absolute Gasteiger partial charge is 0.497 e. The molecule has 2 rings (SSSR count). The van der Waals surface area contributed by atoms with Gasteiger partial charge in [-0.15, -0.1) is 0 Å². The maximum atomic E-state index is 11.4. The Hall–Kier alpha value is -2.30. The van der Waals surface area contributed by atoms with Crippen molar-refractivity contribution in [2.45, 2.75) is 19.9 Å². The molecule has 0 saturated heterocycles. The lowest BCUT2D eigenvalue weighted by Gasteiger charge is -2.12. The van der Waals surface area contributed by atoms with Gasteiger partial charge in [-0.25, -0.2) is 0 Å². The molecule has 1 amide bonds. The van der Waals surface area contributed by atoms with Gasteiger partial charge in [0.05, 0.1) is 12.8 Å². The van der Waals surface area contributed by atoms with E-state index in [1.807, 2.05) is 30.7 Å². The predicted molar refractivity (Wildman–Crippen MR) is 73.1 cm³/mol. The van der Waals surface area contributed by atoms with Gasteiger partial charge < -0.3 is 10.5 Å². The lowest BCUT2D eigenvalue weighted by molar-refractivity contribution is 0.1000. The average Bonchev–Trinajstić information content (AvgIpc) is 2.87. The average molecular weight is 259 g/mol. The third-order valence-electron chi connectivity index (χ3n) is 2.88. The molecule has 5 nitrogen and oxygen atoms in total. The highest BCUT2D eigenvalue weighted by Crippen LogP contribution is 2.27. The molecule has 5 heteroatoms. The van der Waals surface area contributed by atoms with Crippen molar-refractivity contribution in [3.63, 3.8) is 0 Å². The number of rotatable bonds is 4. The van der Waals surface area contributed by atoms with Crippen LogP contribution in [-0.4, -0.2) is 22.8 Å². The summed E-state index contributed by atoms with van der Waals surface area (Å²) in [5, 5.41) is 4.28. The van der Waals surface area contributed by atoms with Crippen LogP contribution in [0.3, 0.4) is 0 Å². The van der Waals surface area contributed by atoms with Gasteiger partial charge >= 0.3 is 0 Å². The summed E-state index contributed by atoms with van der Waals surface area (Å²) in [5.74, 6) is 0.124. The fourth-order valence-corrected chi connectivity index (χ4v) is 1.96. The van der Waals surface area contributed by atoms with Crippen LogP contribution in [0.5, 0.6) is 5.75 Å². The molecule has 0 bridgehead atoms. The highest BCUT2D eigenvalue weighted by Gasteiger charge is 2.12. The summed E-state index contributed by atoms with van der Waals surface area (Å²) in [5.41, 5.74) is 7.55. The Balaban J connectivity index is 2.58. The molecule has 0 aliphatic heterocycles. The van der Waals surface area contributed by atoms with Crippen LogP contribution >= 0.6 is 0 Å². The molecule has 0 fully saturated rings. The first-order chi connectivity index (χ1) is 9.02. The molecule has 0 saturated carbocycles. The quantitative estimate of drug-likeness (QED) is 0.915. The van der Waals surface area contributed by atoms with Gasteiger partial charge in [0.1, 0.15) is 5.75 Å². The maximum Gasteiger partial charge on any atom is 0.248 e. The van der Waals surface area contributed by atoms with E-state index in [1.165, 1.54) is 0 Å². The molecule has 1 heterocycles. The molecular weight excluding hydrogens is 242 g/mol. The van der Waals surface area contributed by atoms with E-state index in [-0.39, 0.29) is 6.04 Å². The highest BCUT2D eigenvalue weighted by molar-refractivity contribution is 5.94. The van der Waals surface area contributed by atoms with Crippen LogP contribution in [0.25, 0.3) is 11.3 Å². The highest BCUT2D eigenvalue weighted by atomic mass is 16.5. The summed E-state index contributed by atoms with van der Waals surface area (Å²) >= 11 is 0. The van der Waals surface area contributed by atoms with Gasteiger partial charge in [0, 0.05) is 23.4 Å². The summed E-state index contributed by atoms with van der Waals surface area (Å²) in [6, 6.07) is 7.37. The summed E-state index contributed by atoms with van der Waals surface area (Å²) in [4.78, 5) is 11.4. The molecule has 0 radical (unpaired) electrons. The maximum absolute atomic E-state index is 11.4. The molecule has 0 aliphatic rings. The zero-order valence-electron chi connectivity index (χ0n) is 11.3. The van der Waals surface area contributed by atoms with Crippen molar-refractivity contribution in [1.29, 1.82) is 0 Å². The van der Waals surface area contributed by atoms with Gasteiger partial charge in [-0.05, 0) is 38.1 Å². The van der Waals surface area contributed by atoms with Crippen LogP contribution in [0, 0.1) is 0 Å². The van der Waals surface area contributed by atoms with Crippen molar-refractivity contribution in [2.24, 2.45) is 5.73 Å². The number of ether oxygens (including phenoxy) is 1. The number of primary amides is 1. The molecule has 2 N–H and O–H groups in total. The van der Waals surface area contributed by atoms with E-state index in [9.17, 15) is 4.79 Å². The number of amides is 1. The monoisotopic (exact) mass is 259 g/mol. The first-order valence-corrected chi connectivity index (χ1v) is 6.05. The van der Waals surface area contributed by atoms with Crippen LogP contribution in [0.2, 0.25) is 0 Å². The van der Waals surface area contributed by atoms with Crippen molar-refractivity contribution in [3.05, 3.63) is 36.0 Å². The molecule has 0 aliphatic carbocycles. The van der Waals surface area contributed by atoms with E-state index in [0.717, 1.165) is 11.3 Å². The Bertz CT molecular complexity index is 602. The molecule has 1 aromatic heterocycles. The second-order valence-electron chi connectivity index (χ2n) is 4.57. The molecule has 100 valence electrons. The van der Waals surface area contributed by atoms with Crippen molar-refractivity contribution < 1.29 is 9.53 Å². The predicted octanol–water partition coefficient (Wildman–Crippen LogP) is 2.24. The number of methoxy groups -OCH3 is 1. The van der Waals surface area contributed by atoms with Crippen LogP contribution in [0.4, 0.5) is 0 Å². The fraction of sp³-hybridized carbons (Fsp3) is 0.286. The first-order valence-electron chi connectivity index (χ1n) is 6.05. The number of hydrogen-bond acceptors (Lipinski definition) is 3. The lowest BCUT2D eigenvalue weighted by Crippen LogP contribution is -2.11. The third-order valence-corrected chi connectivity index (χ3v) is 2.88. The molecule has 1 aromatic carbocycles. The van der Waals surface area contributed by atoms with Gasteiger partial charge in [-0.3, -0.25) is 9.48 Å². The summed E-state index contributed by atoms with van der Waals surface area (Å²) in [6.45, 7) is 4.09. The minimum atomic E-state index is -0.476. The van der Waals surface area contributed by atoms with Gasteiger partial charge in [0.15, 0.2) is 0 Å². The Morgan fingerprint density at radius 1 is 1.37 bits per heavy atom. The fourth-order valence-electron chi connectivity index (χ4n) is 1.96. The standard InChI is InChI=1S/C14H17N3O2/c1-9(2)17-13(4-5-16-17)10-6-11(14(15)18)8-12(7-10)19-3/h4-9H,1-3H3,(H2,15,18). The number of hydrogen-bond donors (Lipinski definition) is 1. The number of nitrogens with two attached hydrogens (primary N) is 1. The van der Waals surface area contributed by atoms with E-state index >= 15 is 0 Å². The number of nitrogens with zero attached hydrogens (tertiary/aromatic N) is 2. The number of benzene rings is 1. The van der Waals surface area contributed by atoms with E-state index < -0.39 is 5.91 Å². The van der Waals surface area contributed by atoms with E-state index in [2.05, 4.69) is 5.10 Å². The number of carbonyl (C=O) groups is 1. The number of carbonyl (C=O) groups excluding carboxylic acids is 1. The van der Waals surface area contributed by atoms with Crippen LogP contribution in [0.15, 0.2) is 30.5 Å². The minimum absolute atomic E-state index is 0.230. The smallest absolute Gasteiger partial charge is 0.248 e. The van der Waals surface area contributed by atoms with Crippen molar-refractivity contribution in [3.8, 4) is 17.0 Å². The molecule has 0 spiro atoms. The molecular formula is C14H17N3O2. The van der Waals surface area contributed by atoms with Crippen molar-refractivity contribution in [2.75, 3.05) is 7.11 Å². The Morgan fingerprint density at radius 3 is 2.68 bits per heavy atom. The molecule has 2 aromatic rings. The van der Waals surface area contributed by atoms with Gasteiger partial charge in [-0.1, -0.05) is 0 Å². The summed E-state index contributed by atoms with van der Waals surface area (Å²) in [7, 11) is 1.56. The first kappa shape index (κ1) is 13.1. The van der Waals surface area contributed by atoms with E-state index in [0.29, 0.717) is 11.3 Å². The number of aromatic nitrogens is 2. The zero-order valence-corrected chi connectivity index (χ0v) is 11.3. The van der Waals surface area contributed by atoms with Gasteiger partial charge in [0.2, 0.25) is 5.91 Å². The summed E-state index contributed by atoms with van der Waals surface area (Å²) in [6.07, 6.45) is 1.73. The summed E-state index contributed by atoms with van der Waals surface area (Å²) < 4.78 is 7.10. The van der Waals surface area contributed by atoms with Gasteiger partial charge in [0.25, 0.3) is 0 Å². The normalized spacial score (nSPS) is 10.7. The SMILES string of the molecule is COc1cc(C(N)=O)cc(-c2ccnn2C(C)C)c1. The lowest BCUT2D eigenvalue weighted by atomic mass is 10.1. The van der Waals surface area contributed by atoms with E-state index in [4.69, 9.17) is 10.5 Å². The zero-order chi connectivity index (χ0) is 14.0. The molecule has 0 atom stereocenters.